The lowest BCUT2D eigenvalue weighted by atomic mass is 9.77. The first-order valence-corrected chi connectivity index (χ1v) is 10.7. The van der Waals surface area contributed by atoms with Crippen LogP contribution in [0.25, 0.3) is 11.1 Å². The maximum atomic E-state index is 11.9. The van der Waals surface area contributed by atoms with Crippen molar-refractivity contribution in [3.63, 3.8) is 0 Å². The maximum absolute atomic E-state index is 11.9. The first kappa shape index (κ1) is 20.3. The number of rotatable bonds is 8. The van der Waals surface area contributed by atoms with Gasteiger partial charge < -0.3 is 0 Å². The number of hydrogen-bond donors (Lipinski definition) is 0. The lowest BCUT2D eigenvalue weighted by Crippen LogP contribution is -2.13. The lowest BCUT2D eigenvalue weighted by Gasteiger charge is -2.29. The quantitative estimate of drug-likeness (QED) is 0.430. The number of nitriles is 1. The number of halogens is 1. The fourth-order valence-corrected chi connectivity index (χ4v) is 4.40. The molecule has 1 aliphatic carbocycles. The van der Waals surface area contributed by atoms with Crippen LogP contribution in [0.4, 0.5) is 4.39 Å². The Labute approximate surface area is 168 Å². The van der Waals surface area contributed by atoms with Crippen LogP contribution in [-0.2, 0) is 0 Å². The van der Waals surface area contributed by atoms with Crippen molar-refractivity contribution in [2.24, 2.45) is 5.92 Å². The predicted molar refractivity (Wildman–Crippen MR) is 115 cm³/mol. The van der Waals surface area contributed by atoms with Crippen LogP contribution in [0.3, 0.4) is 0 Å². The van der Waals surface area contributed by atoms with Crippen LogP contribution < -0.4 is 0 Å². The molecular weight excluding hydrogens is 345 g/mol. The van der Waals surface area contributed by atoms with Gasteiger partial charge in [0.25, 0.3) is 0 Å². The zero-order valence-corrected chi connectivity index (χ0v) is 16.6. The van der Waals surface area contributed by atoms with Gasteiger partial charge in [-0.3, -0.25) is 0 Å². The summed E-state index contributed by atoms with van der Waals surface area (Å²) in [7, 11) is 0. The monoisotopic (exact) mass is 375 g/mol. The van der Waals surface area contributed by atoms with Crippen molar-refractivity contribution in [3.8, 4) is 17.2 Å². The summed E-state index contributed by atoms with van der Waals surface area (Å²) < 4.78 is 11.9. The van der Waals surface area contributed by atoms with Gasteiger partial charge in [-0.25, -0.2) is 4.39 Å². The molecule has 2 heteroatoms. The Hall–Kier alpha value is -2.40. The summed E-state index contributed by atoms with van der Waals surface area (Å²) in [6, 6.07) is 19.0. The first-order valence-electron chi connectivity index (χ1n) is 10.7. The van der Waals surface area contributed by atoms with Crippen LogP contribution >= 0.6 is 0 Å². The highest BCUT2D eigenvalue weighted by Crippen LogP contribution is 2.38. The zero-order valence-electron chi connectivity index (χ0n) is 16.6. The van der Waals surface area contributed by atoms with E-state index < -0.39 is 0 Å². The van der Waals surface area contributed by atoms with E-state index in [9.17, 15) is 4.39 Å². The average Bonchev–Trinajstić information content (AvgIpc) is 2.77. The summed E-state index contributed by atoms with van der Waals surface area (Å²) >= 11 is 0. The van der Waals surface area contributed by atoms with Crippen molar-refractivity contribution in [1.29, 1.82) is 5.26 Å². The van der Waals surface area contributed by atoms with Crippen molar-refractivity contribution in [2.75, 3.05) is 0 Å². The van der Waals surface area contributed by atoms with E-state index in [1.54, 1.807) is 6.08 Å². The summed E-state index contributed by atoms with van der Waals surface area (Å²) in [5.41, 5.74) is 4.54. The van der Waals surface area contributed by atoms with Crippen LogP contribution in [0.1, 0.15) is 74.8 Å². The molecule has 0 spiro atoms. The Morgan fingerprint density at radius 3 is 2.11 bits per heavy atom. The van der Waals surface area contributed by atoms with Crippen LogP contribution in [0.15, 0.2) is 60.9 Å². The minimum absolute atomic E-state index is 0.665. The van der Waals surface area contributed by atoms with Crippen LogP contribution in [0.2, 0.25) is 0 Å². The van der Waals surface area contributed by atoms with Gasteiger partial charge in [0.05, 0.1) is 18.0 Å². The molecule has 0 bridgehead atoms. The molecule has 3 rings (SSSR count). The third-order valence-electron chi connectivity index (χ3n) is 6.15. The molecule has 0 radical (unpaired) electrons. The van der Waals surface area contributed by atoms with Crippen molar-refractivity contribution in [1.82, 2.24) is 0 Å². The van der Waals surface area contributed by atoms with E-state index in [1.165, 1.54) is 56.1 Å². The van der Waals surface area contributed by atoms with Crippen molar-refractivity contribution in [3.05, 3.63) is 72.1 Å². The molecule has 0 atom stereocenters. The van der Waals surface area contributed by atoms with Gasteiger partial charge >= 0.3 is 0 Å². The van der Waals surface area contributed by atoms with Crippen molar-refractivity contribution < 1.29 is 4.39 Å². The smallest absolute Gasteiger partial charge is 0.0991 e. The molecule has 0 N–H and O–H groups in total. The van der Waals surface area contributed by atoms with E-state index in [1.807, 2.05) is 24.3 Å². The van der Waals surface area contributed by atoms with Crippen LogP contribution in [0.5, 0.6) is 0 Å². The molecule has 1 nitrogen and oxygen atoms in total. The van der Waals surface area contributed by atoms with Gasteiger partial charge in [0.1, 0.15) is 0 Å². The fraction of sp³-hybridized carbons (Fsp3) is 0.423. The third-order valence-corrected chi connectivity index (χ3v) is 6.15. The van der Waals surface area contributed by atoms with E-state index in [-0.39, 0.29) is 0 Å². The van der Waals surface area contributed by atoms with Gasteiger partial charge in [-0.15, -0.1) is 0 Å². The number of nitrogens with zero attached hydrogens (tertiary/aromatic N) is 1. The zero-order chi connectivity index (χ0) is 19.6. The molecule has 2 aromatic carbocycles. The Morgan fingerprint density at radius 1 is 0.857 bits per heavy atom. The first-order chi connectivity index (χ1) is 13.8. The van der Waals surface area contributed by atoms with Crippen LogP contribution in [-0.4, -0.2) is 0 Å². The normalized spacial score (nSPS) is 19.6. The molecule has 0 aromatic heterocycles. The van der Waals surface area contributed by atoms with E-state index in [2.05, 4.69) is 30.3 Å². The second kappa shape index (κ2) is 10.8. The number of hydrogen-bond acceptors (Lipinski definition) is 1. The highest BCUT2D eigenvalue weighted by atomic mass is 19.1. The molecule has 1 aliphatic rings. The van der Waals surface area contributed by atoms with Gasteiger partial charge in [-0.1, -0.05) is 61.7 Å². The highest BCUT2D eigenvalue weighted by molar-refractivity contribution is 5.64. The highest BCUT2D eigenvalue weighted by Gasteiger charge is 2.22. The molecule has 2 aromatic rings. The summed E-state index contributed by atoms with van der Waals surface area (Å²) in [6.07, 6.45) is 13.4. The van der Waals surface area contributed by atoms with E-state index in [0.29, 0.717) is 17.8 Å². The molecule has 0 unspecified atom stereocenters. The molecule has 28 heavy (non-hydrogen) atoms. The predicted octanol–water partition coefficient (Wildman–Crippen LogP) is 7.93. The Kier molecular flexibility index (Phi) is 7.85. The maximum Gasteiger partial charge on any atom is 0.0991 e. The van der Waals surface area contributed by atoms with Crippen molar-refractivity contribution >= 4 is 0 Å². The van der Waals surface area contributed by atoms with Gasteiger partial charge in [-0.05, 0) is 79.2 Å². The van der Waals surface area contributed by atoms with E-state index >= 15 is 0 Å². The average molecular weight is 376 g/mol. The summed E-state index contributed by atoms with van der Waals surface area (Å²) in [5, 5.41) is 8.92. The molecule has 1 fully saturated rings. The van der Waals surface area contributed by atoms with Gasteiger partial charge in [-0.2, -0.15) is 5.26 Å². The number of allylic oxidation sites excluding steroid dienone is 1. The van der Waals surface area contributed by atoms with Gasteiger partial charge in [0.15, 0.2) is 0 Å². The number of benzene rings is 2. The molecule has 0 amide bonds. The Bertz CT molecular complexity index is 775. The Morgan fingerprint density at radius 2 is 1.50 bits per heavy atom. The number of unbranched alkanes of at least 4 members (excludes halogenated alkanes) is 3. The Balaban J connectivity index is 1.45. The SMILES string of the molecule is N#Cc1ccc(-c2ccc(C3CCC(CCCCC/C=C/F)CC3)cc2)cc1. The molecular formula is C26H30FN. The van der Waals surface area contributed by atoms with Gasteiger partial charge in [0.2, 0.25) is 0 Å². The standard InChI is InChI=1S/C26H30FN/c27-19-5-3-1-2-4-6-21-7-11-23(12-8-21)25-15-17-26(18-16-25)24-13-9-22(20-28)10-14-24/h5,9-10,13-19,21,23H,1-4,6-8,11-12H2/b19-5+. The molecule has 0 aliphatic heterocycles. The summed E-state index contributed by atoms with van der Waals surface area (Å²) in [5.74, 6) is 1.58. The molecule has 0 saturated heterocycles. The van der Waals surface area contributed by atoms with Gasteiger partial charge in [0, 0.05) is 0 Å². The second-order valence-corrected chi connectivity index (χ2v) is 8.03. The topological polar surface area (TPSA) is 23.8 Å². The van der Waals surface area contributed by atoms with Crippen molar-refractivity contribution in [2.45, 2.75) is 63.7 Å². The lowest BCUT2D eigenvalue weighted by molar-refractivity contribution is 0.302. The molecule has 1 saturated carbocycles. The molecule has 0 heterocycles. The minimum atomic E-state index is 0.665. The minimum Gasteiger partial charge on any atom is -0.216 e. The van der Waals surface area contributed by atoms with E-state index in [4.69, 9.17) is 5.26 Å². The summed E-state index contributed by atoms with van der Waals surface area (Å²) in [4.78, 5) is 0. The van der Waals surface area contributed by atoms with Crippen LogP contribution in [0, 0.1) is 17.2 Å². The molecule has 146 valence electrons. The summed E-state index contributed by atoms with van der Waals surface area (Å²) in [6.45, 7) is 0. The fourth-order valence-electron chi connectivity index (χ4n) is 4.40. The second-order valence-electron chi connectivity index (χ2n) is 8.03. The largest absolute Gasteiger partial charge is 0.216 e. The third kappa shape index (κ3) is 5.80. The van der Waals surface area contributed by atoms with E-state index in [0.717, 1.165) is 24.3 Å².